The molecular formula is C17H12ClFN4O2. The van der Waals surface area contributed by atoms with Crippen molar-refractivity contribution in [3.8, 4) is 6.07 Å². The second-order valence-corrected chi connectivity index (χ2v) is 5.72. The van der Waals surface area contributed by atoms with Gasteiger partial charge in [0.2, 0.25) is 0 Å². The maximum absolute atomic E-state index is 13.6. The molecule has 8 heteroatoms. The average molecular weight is 359 g/mol. The summed E-state index contributed by atoms with van der Waals surface area (Å²) in [5, 5.41) is 21.7. The molecule has 0 saturated heterocycles. The molecule has 126 valence electrons. The van der Waals surface area contributed by atoms with E-state index in [4.69, 9.17) is 16.9 Å². The highest BCUT2D eigenvalue weighted by molar-refractivity contribution is 6.32. The van der Waals surface area contributed by atoms with Crippen LogP contribution in [0.5, 0.6) is 0 Å². The summed E-state index contributed by atoms with van der Waals surface area (Å²) in [6.07, 6.45) is -0.0156. The van der Waals surface area contributed by atoms with Crippen molar-refractivity contribution in [2.75, 3.05) is 5.32 Å². The Hall–Kier alpha value is -2.95. The zero-order chi connectivity index (χ0) is 18.0. The minimum Gasteiger partial charge on any atom is -0.381 e. The lowest BCUT2D eigenvalue weighted by Crippen LogP contribution is -2.31. The normalized spacial score (nSPS) is 11.9. The van der Waals surface area contributed by atoms with Gasteiger partial charge < -0.3 is 15.0 Å². The smallest absolute Gasteiger partial charge is 0.255 e. The molecule has 3 rings (SSSR count). The van der Waals surface area contributed by atoms with Crippen molar-refractivity contribution in [3.63, 3.8) is 0 Å². The highest BCUT2D eigenvalue weighted by Crippen LogP contribution is 2.21. The Kier molecular flexibility index (Phi) is 4.65. The van der Waals surface area contributed by atoms with Crippen molar-refractivity contribution >= 4 is 34.2 Å². The van der Waals surface area contributed by atoms with Crippen LogP contribution in [-0.2, 0) is 11.3 Å². The number of carbonyl (C=O) groups excluding carboxylic acids is 1. The first-order chi connectivity index (χ1) is 12.0. The highest BCUT2D eigenvalue weighted by atomic mass is 35.5. The van der Waals surface area contributed by atoms with Crippen molar-refractivity contribution in [1.82, 2.24) is 9.55 Å². The van der Waals surface area contributed by atoms with Gasteiger partial charge in [0.15, 0.2) is 11.9 Å². The number of carbonyl (C=O) groups is 1. The Bertz CT molecular complexity index is 996. The number of benzene rings is 2. The summed E-state index contributed by atoms with van der Waals surface area (Å²) in [6.45, 7) is -0.0875. The molecule has 25 heavy (non-hydrogen) atoms. The van der Waals surface area contributed by atoms with E-state index in [-0.39, 0.29) is 22.6 Å². The number of nitrogens with zero attached hydrogens (tertiary/aromatic N) is 3. The van der Waals surface area contributed by atoms with Gasteiger partial charge in [-0.1, -0.05) is 17.7 Å². The van der Waals surface area contributed by atoms with E-state index < -0.39 is 17.8 Å². The van der Waals surface area contributed by atoms with Crippen LogP contribution in [0.4, 0.5) is 10.1 Å². The van der Waals surface area contributed by atoms with Gasteiger partial charge in [-0.2, -0.15) is 5.26 Å². The highest BCUT2D eigenvalue weighted by Gasteiger charge is 2.18. The average Bonchev–Trinajstić information content (AvgIpc) is 2.99. The van der Waals surface area contributed by atoms with Crippen molar-refractivity contribution < 1.29 is 14.3 Å². The van der Waals surface area contributed by atoms with Gasteiger partial charge in [0.1, 0.15) is 11.6 Å². The summed E-state index contributed by atoms with van der Waals surface area (Å²) in [6, 6.07) is 10.8. The van der Waals surface area contributed by atoms with Gasteiger partial charge >= 0.3 is 0 Å². The number of anilines is 1. The van der Waals surface area contributed by atoms with Crippen LogP contribution in [0.3, 0.4) is 0 Å². The molecule has 0 radical (unpaired) electrons. The monoisotopic (exact) mass is 358 g/mol. The molecule has 1 atom stereocenters. The summed E-state index contributed by atoms with van der Waals surface area (Å²) in [5.74, 6) is -1.12. The van der Waals surface area contributed by atoms with Crippen LogP contribution in [0.1, 0.15) is 5.56 Å². The molecule has 0 aliphatic rings. The van der Waals surface area contributed by atoms with Gasteiger partial charge in [0.25, 0.3) is 5.91 Å². The Balaban J connectivity index is 1.73. The molecule has 1 amide bonds. The van der Waals surface area contributed by atoms with Crippen molar-refractivity contribution in [1.29, 1.82) is 5.26 Å². The van der Waals surface area contributed by atoms with Crippen molar-refractivity contribution in [2.45, 2.75) is 12.6 Å². The predicted octanol–water partition coefficient (Wildman–Crippen LogP) is 2.70. The quantitative estimate of drug-likeness (QED) is 0.750. The Morgan fingerprint density at radius 3 is 2.96 bits per heavy atom. The van der Waals surface area contributed by atoms with Crippen LogP contribution >= 0.6 is 11.6 Å². The first-order valence-corrected chi connectivity index (χ1v) is 7.65. The molecule has 0 aliphatic carbocycles. The number of halogens is 2. The largest absolute Gasteiger partial charge is 0.381 e. The number of nitriles is 1. The number of amides is 1. The van der Waals surface area contributed by atoms with Crippen molar-refractivity contribution in [3.05, 3.63) is 59.1 Å². The number of rotatable bonds is 4. The minimum absolute atomic E-state index is 0.0875. The zero-order valence-electron chi connectivity index (χ0n) is 12.8. The lowest BCUT2D eigenvalue weighted by Gasteiger charge is -2.13. The molecule has 0 unspecified atom stereocenters. The predicted molar refractivity (Wildman–Crippen MR) is 90.5 cm³/mol. The number of aliphatic hydroxyl groups is 1. The number of aliphatic hydroxyl groups excluding tert-OH is 1. The summed E-state index contributed by atoms with van der Waals surface area (Å²) in [5.41, 5.74) is 1.30. The Labute approximate surface area is 147 Å². The molecular weight excluding hydrogens is 347 g/mol. The van der Waals surface area contributed by atoms with Crippen LogP contribution in [0.15, 0.2) is 42.7 Å². The van der Waals surface area contributed by atoms with Gasteiger partial charge in [0.05, 0.1) is 29.0 Å². The van der Waals surface area contributed by atoms with E-state index in [2.05, 4.69) is 10.3 Å². The second-order valence-electron chi connectivity index (χ2n) is 5.32. The van der Waals surface area contributed by atoms with E-state index in [0.29, 0.717) is 11.2 Å². The molecule has 0 aliphatic heterocycles. The zero-order valence-corrected chi connectivity index (χ0v) is 13.5. The van der Waals surface area contributed by atoms with Gasteiger partial charge in [-0.15, -0.1) is 0 Å². The van der Waals surface area contributed by atoms with Gasteiger partial charge in [0, 0.05) is 5.69 Å². The van der Waals surface area contributed by atoms with E-state index >= 15 is 0 Å². The van der Waals surface area contributed by atoms with Gasteiger partial charge in [-0.25, -0.2) is 9.37 Å². The van der Waals surface area contributed by atoms with Gasteiger partial charge in [-0.05, 0) is 30.3 Å². The number of hydrogen-bond donors (Lipinski definition) is 2. The molecule has 3 aromatic rings. The molecule has 0 fully saturated rings. The Morgan fingerprint density at radius 1 is 1.44 bits per heavy atom. The Morgan fingerprint density at radius 2 is 2.24 bits per heavy atom. The molecule has 0 spiro atoms. The summed E-state index contributed by atoms with van der Waals surface area (Å²) >= 11 is 5.90. The molecule has 0 bridgehead atoms. The number of nitrogens with one attached hydrogen (secondary N) is 1. The first-order valence-electron chi connectivity index (χ1n) is 7.27. The summed E-state index contributed by atoms with van der Waals surface area (Å²) in [4.78, 5) is 16.1. The number of imidazole rings is 1. The fourth-order valence-electron chi connectivity index (χ4n) is 2.38. The third-order valence-electron chi connectivity index (χ3n) is 3.63. The van der Waals surface area contributed by atoms with Gasteiger partial charge in [-0.3, -0.25) is 4.79 Å². The van der Waals surface area contributed by atoms with Crippen LogP contribution < -0.4 is 5.32 Å². The number of aromatic nitrogens is 2. The minimum atomic E-state index is -1.38. The van der Waals surface area contributed by atoms with E-state index in [1.54, 1.807) is 6.07 Å². The molecule has 1 aromatic heterocycles. The van der Waals surface area contributed by atoms with E-state index in [1.165, 1.54) is 41.2 Å². The molecule has 6 nitrogen and oxygen atoms in total. The van der Waals surface area contributed by atoms with Crippen LogP contribution in [0, 0.1) is 17.1 Å². The molecule has 2 aromatic carbocycles. The number of fused-ring (bicyclic) bond motifs is 1. The van der Waals surface area contributed by atoms with E-state index in [1.807, 2.05) is 6.07 Å². The number of para-hydroxylation sites is 1. The van der Waals surface area contributed by atoms with Crippen LogP contribution in [0.2, 0.25) is 5.02 Å². The summed E-state index contributed by atoms with van der Waals surface area (Å²) in [7, 11) is 0. The number of hydrogen-bond acceptors (Lipinski definition) is 4. The maximum atomic E-state index is 13.6. The van der Waals surface area contributed by atoms with E-state index in [9.17, 15) is 14.3 Å². The standard InChI is InChI=1S/C17H12ClFN4O2/c18-12-6-11(5-4-10(12)7-20)22-17(25)15(24)8-23-9-21-16-13(19)2-1-3-14(16)23/h1-6,9,15,24H,8H2,(H,22,25)/t15-/m0/s1. The lowest BCUT2D eigenvalue weighted by molar-refractivity contribution is -0.124. The third-order valence-corrected chi connectivity index (χ3v) is 3.94. The molecule has 2 N–H and O–H groups in total. The topological polar surface area (TPSA) is 90.9 Å². The first kappa shape index (κ1) is 16.9. The third kappa shape index (κ3) is 3.45. The molecule has 0 saturated carbocycles. The summed E-state index contributed by atoms with van der Waals surface area (Å²) < 4.78 is 15.1. The lowest BCUT2D eigenvalue weighted by atomic mass is 10.2. The van der Waals surface area contributed by atoms with E-state index in [0.717, 1.165) is 0 Å². The second kappa shape index (κ2) is 6.89. The van der Waals surface area contributed by atoms with Crippen LogP contribution in [-0.4, -0.2) is 26.7 Å². The SMILES string of the molecule is N#Cc1ccc(NC(=O)[C@@H](O)Cn2cnc3c(F)cccc32)cc1Cl. The van der Waals surface area contributed by atoms with Crippen molar-refractivity contribution in [2.24, 2.45) is 0 Å². The molecule has 1 heterocycles. The fourth-order valence-corrected chi connectivity index (χ4v) is 2.60. The maximum Gasteiger partial charge on any atom is 0.255 e. The fraction of sp³-hybridized carbons (Fsp3) is 0.118. The van der Waals surface area contributed by atoms with Crippen LogP contribution in [0.25, 0.3) is 11.0 Å².